The van der Waals surface area contributed by atoms with Crippen LogP contribution < -0.4 is 5.73 Å². The molecule has 0 saturated heterocycles. The highest BCUT2D eigenvalue weighted by Crippen LogP contribution is 2.35. The first-order valence-corrected chi connectivity index (χ1v) is 5.09. The van der Waals surface area contributed by atoms with Gasteiger partial charge in [-0.15, -0.1) is 0 Å². The lowest BCUT2D eigenvalue weighted by Gasteiger charge is -2.07. The summed E-state index contributed by atoms with van der Waals surface area (Å²) in [5, 5.41) is 1.01. The zero-order valence-corrected chi connectivity index (χ0v) is 9.26. The van der Waals surface area contributed by atoms with E-state index in [0.29, 0.717) is 15.7 Å². The molecular weight excluding hydrogens is 231 g/mol. The number of halogens is 2. The van der Waals surface area contributed by atoms with Crippen LogP contribution in [-0.4, -0.2) is 4.98 Å². The van der Waals surface area contributed by atoms with Gasteiger partial charge in [-0.3, -0.25) is 4.98 Å². The molecule has 1 aromatic carbocycles. The minimum atomic E-state index is 0.499. The largest absolute Gasteiger partial charge is 0.398 e. The second kappa shape index (κ2) is 4.09. The van der Waals surface area contributed by atoms with Gasteiger partial charge in [0, 0.05) is 29.2 Å². The predicted molar refractivity (Wildman–Crippen MR) is 64.1 cm³/mol. The number of benzene rings is 1. The Hall–Kier alpha value is -1.25. The van der Waals surface area contributed by atoms with Gasteiger partial charge >= 0.3 is 0 Å². The Kier molecular flexibility index (Phi) is 2.80. The second-order valence-corrected chi connectivity index (χ2v) is 3.85. The first-order chi connectivity index (χ1) is 7.20. The van der Waals surface area contributed by atoms with Crippen molar-refractivity contribution < 1.29 is 0 Å². The molecule has 2 rings (SSSR count). The number of nitrogen functional groups attached to an aromatic ring is 1. The monoisotopic (exact) mass is 238 g/mol. The van der Waals surface area contributed by atoms with Crippen LogP contribution in [0, 0.1) is 0 Å². The van der Waals surface area contributed by atoms with Gasteiger partial charge in [-0.25, -0.2) is 0 Å². The average Bonchev–Trinajstić information content (AvgIpc) is 2.23. The maximum absolute atomic E-state index is 6.08. The van der Waals surface area contributed by atoms with E-state index < -0.39 is 0 Å². The normalized spacial score (nSPS) is 10.3. The van der Waals surface area contributed by atoms with Crippen molar-refractivity contribution in [3.05, 3.63) is 46.7 Å². The molecule has 0 radical (unpaired) electrons. The fourth-order valence-corrected chi connectivity index (χ4v) is 1.74. The number of aromatic nitrogens is 1. The van der Waals surface area contributed by atoms with Gasteiger partial charge in [0.2, 0.25) is 0 Å². The molecule has 0 bridgehead atoms. The summed E-state index contributed by atoms with van der Waals surface area (Å²) in [5.74, 6) is 0. The zero-order valence-electron chi connectivity index (χ0n) is 7.74. The quantitative estimate of drug-likeness (QED) is 0.825. The Balaban J connectivity index is 2.65. The Labute approximate surface area is 97.7 Å². The highest BCUT2D eigenvalue weighted by molar-refractivity contribution is 6.43. The fourth-order valence-electron chi connectivity index (χ4n) is 1.34. The Bertz CT molecular complexity index is 498. The molecule has 1 aromatic heterocycles. The summed E-state index contributed by atoms with van der Waals surface area (Å²) in [6.07, 6.45) is 3.31. The second-order valence-electron chi connectivity index (χ2n) is 3.06. The van der Waals surface area contributed by atoms with Crippen molar-refractivity contribution in [3.63, 3.8) is 0 Å². The molecule has 0 spiro atoms. The third-order valence-electron chi connectivity index (χ3n) is 2.10. The van der Waals surface area contributed by atoms with Crippen LogP contribution in [0.2, 0.25) is 10.0 Å². The van der Waals surface area contributed by atoms with Crippen LogP contribution in [0.4, 0.5) is 5.69 Å². The third-order valence-corrected chi connectivity index (χ3v) is 2.92. The summed E-state index contributed by atoms with van der Waals surface area (Å²) in [7, 11) is 0. The number of nitrogens with two attached hydrogens (primary N) is 1. The van der Waals surface area contributed by atoms with E-state index in [1.165, 1.54) is 0 Å². The predicted octanol–water partition coefficient (Wildman–Crippen LogP) is 3.64. The maximum Gasteiger partial charge on any atom is 0.0671 e. The van der Waals surface area contributed by atoms with Gasteiger partial charge in [0.25, 0.3) is 0 Å². The lowest BCUT2D eigenvalue weighted by Crippen LogP contribution is -1.91. The Morgan fingerprint density at radius 1 is 1.07 bits per heavy atom. The third kappa shape index (κ3) is 1.91. The number of pyridine rings is 1. The topological polar surface area (TPSA) is 38.9 Å². The molecule has 1 heterocycles. The molecule has 4 heteroatoms. The van der Waals surface area contributed by atoms with Gasteiger partial charge < -0.3 is 5.73 Å². The molecule has 0 aliphatic rings. The lowest BCUT2D eigenvalue weighted by molar-refractivity contribution is 1.33. The van der Waals surface area contributed by atoms with Crippen LogP contribution in [0.5, 0.6) is 0 Å². The number of nitrogens with zero attached hydrogens (tertiary/aromatic N) is 1. The maximum atomic E-state index is 6.08. The standard InChI is InChI=1S/C11H8Cl2N2/c12-9-3-1-2-7(11(9)13)8-6-15-5-4-10(8)14/h1-6H,(H2,14,15). The van der Waals surface area contributed by atoms with Crippen molar-refractivity contribution in [3.8, 4) is 11.1 Å². The Morgan fingerprint density at radius 2 is 1.87 bits per heavy atom. The molecule has 2 N–H and O–H groups in total. The van der Waals surface area contributed by atoms with Crippen LogP contribution in [0.15, 0.2) is 36.7 Å². The number of hydrogen-bond donors (Lipinski definition) is 1. The summed E-state index contributed by atoms with van der Waals surface area (Å²) in [6.45, 7) is 0. The first-order valence-electron chi connectivity index (χ1n) is 4.34. The highest BCUT2D eigenvalue weighted by atomic mass is 35.5. The van der Waals surface area contributed by atoms with Crippen LogP contribution >= 0.6 is 23.2 Å². The van der Waals surface area contributed by atoms with Crippen molar-refractivity contribution in [2.45, 2.75) is 0 Å². The van der Waals surface area contributed by atoms with E-state index >= 15 is 0 Å². The van der Waals surface area contributed by atoms with E-state index in [4.69, 9.17) is 28.9 Å². The van der Waals surface area contributed by atoms with Gasteiger partial charge in [0.1, 0.15) is 0 Å². The first kappa shape index (κ1) is 10.3. The molecule has 0 unspecified atom stereocenters. The van der Waals surface area contributed by atoms with E-state index in [1.54, 1.807) is 24.5 Å². The summed E-state index contributed by atoms with van der Waals surface area (Å²) in [6, 6.07) is 7.16. The van der Waals surface area contributed by atoms with Crippen molar-refractivity contribution in [1.82, 2.24) is 4.98 Å². The molecule has 0 aliphatic heterocycles. The van der Waals surface area contributed by atoms with Crippen LogP contribution in [-0.2, 0) is 0 Å². The van der Waals surface area contributed by atoms with Crippen LogP contribution in [0.3, 0.4) is 0 Å². The van der Waals surface area contributed by atoms with Crippen LogP contribution in [0.1, 0.15) is 0 Å². The van der Waals surface area contributed by atoms with E-state index in [0.717, 1.165) is 11.1 Å². The molecule has 0 aliphatic carbocycles. The molecule has 2 nitrogen and oxygen atoms in total. The molecule has 0 atom stereocenters. The van der Waals surface area contributed by atoms with E-state index in [-0.39, 0.29) is 0 Å². The van der Waals surface area contributed by atoms with E-state index in [9.17, 15) is 0 Å². The van der Waals surface area contributed by atoms with Crippen molar-refractivity contribution in [2.75, 3.05) is 5.73 Å². The van der Waals surface area contributed by atoms with Gasteiger partial charge in [-0.05, 0) is 12.1 Å². The molecule has 15 heavy (non-hydrogen) atoms. The smallest absolute Gasteiger partial charge is 0.0671 e. The lowest BCUT2D eigenvalue weighted by atomic mass is 10.1. The van der Waals surface area contributed by atoms with Crippen molar-refractivity contribution in [1.29, 1.82) is 0 Å². The Morgan fingerprint density at radius 3 is 2.60 bits per heavy atom. The molecular formula is C11H8Cl2N2. The van der Waals surface area contributed by atoms with E-state index in [1.807, 2.05) is 12.1 Å². The van der Waals surface area contributed by atoms with Gasteiger partial charge in [0.15, 0.2) is 0 Å². The van der Waals surface area contributed by atoms with Crippen LogP contribution in [0.25, 0.3) is 11.1 Å². The average molecular weight is 239 g/mol. The molecule has 76 valence electrons. The summed E-state index contributed by atoms with van der Waals surface area (Å²) >= 11 is 12.0. The SMILES string of the molecule is Nc1ccncc1-c1cccc(Cl)c1Cl. The van der Waals surface area contributed by atoms with Gasteiger partial charge in [-0.2, -0.15) is 0 Å². The fraction of sp³-hybridized carbons (Fsp3) is 0. The number of anilines is 1. The minimum absolute atomic E-state index is 0.499. The molecule has 0 amide bonds. The number of rotatable bonds is 1. The zero-order chi connectivity index (χ0) is 10.8. The van der Waals surface area contributed by atoms with Gasteiger partial charge in [-0.1, -0.05) is 35.3 Å². The van der Waals surface area contributed by atoms with Gasteiger partial charge in [0.05, 0.1) is 10.0 Å². The molecule has 0 fully saturated rings. The van der Waals surface area contributed by atoms with Crippen molar-refractivity contribution >= 4 is 28.9 Å². The summed E-state index contributed by atoms with van der Waals surface area (Å²) in [4.78, 5) is 4.01. The van der Waals surface area contributed by atoms with Crippen molar-refractivity contribution in [2.24, 2.45) is 0 Å². The highest BCUT2D eigenvalue weighted by Gasteiger charge is 2.08. The molecule has 0 saturated carbocycles. The number of hydrogen-bond acceptors (Lipinski definition) is 2. The summed E-state index contributed by atoms with van der Waals surface area (Å²) < 4.78 is 0. The minimum Gasteiger partial charge on any atom is -0.398 e. The summed E-state index contributed by atoms with van der Waals surface area (Å²) in [5.41, 5.74) is 8.06. The molecule has 2 aromatic rings. The van der Waals surface area contributed by atoms with E-state index in [2.05, 4.69) is 4.98 Å².